The highest BCUT2D eigenvalue weighted by Gasteiger charge is 2.38. The number of hydrogen-bond donors (Lipinski definition) is 2. The lowest BCUT2D eigenvalue weighted by atomic mass is 10.1. The zero-order valence-electron chi connectivity index (χ0n) is 15.5. The molecule has 1 saturated heterocycles. The summed E-state index contributed by atoms with van der Waals surface area (Å²) in [6, 6.07) is 6.52. The number of halogens is 3. The third-order valence-corrected chi connectivity index (χ3v) is 4.13. The number of aromatic hydroxyl groups is 1. The van der Waals surface area contributed by atoms with Crippen LogP contribution in [0.1, 0.15) is 18.1 Å². The number of barbiturate groups is 1. The van der Waals surface area contributed by atoms with Crippen LogP contribution in [0.4, 0.5) is 23.7 Å². The molecule has 0 atom stereocenters. The summed E-state index contributed by atoms with van der Waals surface area (Å²) in [4.78, 5) is 37.6. The summed E-state index contributed by atoms with van der Waals surface area (Å²) in [5.74, 6) is -2.13. The number of imide groups is 2. The third-order valence-electron chi connectivity index (χ3n) is 4.13. The van der Waals surface area contributed by atoms with Gasteiger partial charge < -0.3 is 9.84 Å². The van der Waals surface area contributed by atoms with Gasteiger partial charge in [0.2, 0.25) is 0 Å². The lowest BCUT2D eigenvalue weighted by molar-refractivity contribution is -0.137. The van der Waals surface area contributed by atoms with Crippen molar-refractivity contribution in [3.05, 3.63) is 59.2 Å². The molecule has 1 heterocycles. The zero-order chi connectivity index (χ0) is 22.1. The fraction of sp³-hybridized carbons (Fsp3) is 0.150. The molecule has 30 heavy (non-hydrogen) atoms. The summed E-state index contributed by atoms with van der Waals surface area (Å²) in [6.45, 7) is 1.95. The van der Waals surface area contributed by atoms with E-state index in [1.165, 1.54) is 18.2 Å². The van der Waals surface area contributed by atoms with Crippen molar-refractivity contribution >= 4 is 29.6 Å². The predicted molar refractivity (Wildman–Crippen MR) is 99.7 cm³/mol. The lowest BCUT2D eigenvalue weighted by Gasteiger charge is -2.26. The number of hydrogen-bond acceptors (Lipinski definition) is 5. The summed E-state index contributed by atoms with van der Waals surface area (Å²) >= 11 is 0. The molecule has 0 unspecified atom stereocenters. The number of urea groups is 1. The first-order valence-electron chi connectivity index (χ1n) is 8.66. The minimum Gasteiger partial charge on any atom is -0.504 e. The third kappa shape index (κ3) is 4.12. The Labute approximate surface area is 168 Å². The number of phenolic OH excluding ortho intramolecular Hbond substituents is 1. The first-order valence-corrected chi connectivity index (χ1v) is 8.66. The van der Waals surface area contributed by atoms with E-state index in [2.05, 4.69) is 0 Å². The van der Waals surface area contributed by atoms with Gasteiger partial charge >= 0.3 is 12.2 Å². The van der Waals surface area contributed by atoms with E-state index in [9.17, 15) is 32.7 Å². The van der Waals surface area contributed by atoms with Gasteiger partial charge in [0, 0.05) is 0 Å². The second kappa shape index (κ2) is 7.90. The van der Waals surface area contributed by atoms with Crippen molar-refractivity contribution in [2.75, 3.05) is 11.5 Å². The number of amides is 4. The molecule has 2 N–H and O–H groups in total. The molecule has 0 aromatic heterocycles. The van der Waals surface area contributed by atoms with E-state index in [4.69, 9.17) is 4.74 Å². The summed E-state index contributed by atoms with van der Waals surface area (Å²) in [5.41, 5.74) is -1.57. The largest absolute Gasteiger partial charge is 0.504 e. The summed E-state index contributed by atoms with van der Waals surface area (Å²) < 4.78 is 44.2. The van der Waals surface area contributed by atoms with Crippen LogP contribution in [0.15, 0.2) is 48.0 Å². The number of phenols is 1. The molecule has 1 fully saturated rings. The quantitative estimate of drug-likeness (QED) is 0.583. The molecular formula is C20H15F3N2O5. The van der Waals surface area contributed by atoms with Crippen molar-refractivity contribution in [2.45, 2.75) is 13.1 Å². The number of anilines is 1. The topological polar surface area (TPSA) is 95.9 Å². The molecule has 7 nitrogen and oxygen atoms in total. The summed E-state index contributed by atoms with van der Waals surface area (Å²) in [5, 5.41) is 11.7. The molecule has 1 aliphatic rings. The second-order valence-electron chi connectivity index (χ2n) is 6.17. The molecule has 0 radical (unpaired) electrons. The fourth-order valence-electron chi connectivity index (χ4n) is 2.77. The molecule has 0 bridgehead atoms. The minimum absolute atomic E-state index is 0.112. The Kier molecular flexibility index (Phi) is 5.50. The first kappa shape index (κ1) is 20.9. The molecule has 0 saturated carbocycles. The highest BCUT2D eigenvalue weighted by atomic mass is 19.4. The van der Waals surface area contributed by atoms with Crippen molar-refractivity contribution in [3.63, 3.8) is 0 Å². The molecule has 3 rings (SSSR count). The molecule has 4 amide bonds. The number of carbonyl (C=O) groups excluding carboxylic acids is 3. The van der Waals surface area contributed by atoms with Crippen molar-refractivity contribution < 1.29 is 37.4 Å². The van der Waals surface area contributed by atoms with Crippen molar-refractivity contribution in [2.24, 2.45) is 0 Å². The fourth-order valence-corrected chi connectivity index (χ4v) is 2.77. The van der Waals surface area contributed by atoms with Gasteiger partial charge in [0.05, 0.1) is 17.9 Å². The number of carbonyl (C=O) groups is 3. The Morgan fingerprint density at radius 2 is 1.87 bits per heavy atom. The van der Waals surface area contributed by atoms with E-state index in [1.54, 1.807) is 6.92 Å². The van der Waals surface area contributed by atoms with E-state index >= 15 is 0 Å². The lowest BCUT2D eigenvalue weighted by Crippen LogP contribution is -2.54. The Balaban J connectivity index is 2.01. The minimum atomic E-state index is -4.68. The SMILES string of the molecule is CCOc1cc(C=C2C(=O)NC(=O)N(c3cccc(C(F)(F)F)c3)C2=O)ccc1O. The Bertz CT molecular complexity index is 1060. The number of ether oxygens (including phenoxy) is 1. The normalized spacial score (nSPS) is 16.1. The molecule has 10 heteroatoms. The van der Waals surface area contributed by atoms with Crippen molar-refractivity contribution in [1.29, 1.82) is 0 Å². The van der Waals surface area contributed by atoms with Gasteiger partial charge in [0.1, 0.15) is 5.57 Å². The second-order valence-corrected chi connectivity index (χ2v) is 6.17. The summed E-state index contributed by atoms with van der Waals surface area (Å²) in [6.07, 6.45) is -3.53. The number of alkyl halides is 3. The van der Waals surface area contributed by atoms with E-state index in [-0.39, 0.29) is 23.8 Å². The maximum atomic E-state index is 13.0. The Morgan fingerprint density at radius 3 is 2.53 bits per heavy atom. The van der Waals surface area contributed by atoms with E-state index in [0.29, 0.717) is 16.5 Å². The monoisotopic (exact) mass is 420 g/mol. The van der Waals surface area contributed by atoms with Crippen LogP contribution in [-0.2, 0) is 15.8 Å². The molecule has 2 aromatic carbocycles. The number of nitrogens with one attached hydrogen (secondary N) is 1. The van der Waals surface area contributed by atoms with Crippen molar-refractivity contribution in [3.8, 4) is 11.5 Å². The molecular weight excluding hydrogens is 405 g/mol. The average Bonchev–Trinajstić information content (AvgIpc) is 2.67. The molecule has 0 spiro atoms. The van der Waals surface area contributed by atoms with Crippen molar-refractivity contribution in [1.82, 2.24) is 5.32 Å². The van der Waals surface area contributed by atoms with Gasteiger partial charge in [0.25, 0.3) is 11.8 Å². The van der Waals surface area contributed by atoms with Crippen LogP contribution in [-0.4, -0.2) is 29.6 Å². The molecule has 0 aliphatic carbocycles. The predicted octanol–water partition coefficient (Wildman–Crippen LogP) is 3.48. The first-order chi connectivity index (χ1) is 14.1. The van der Waals surface area contributed by atoms with Crippen LogP contribution in [0.5, 0.6) is 11.5 Å². The smallest absolute Gasteiger partial charge is 0.416 e. The van der Waals surface area contributed by atoms with Crippen LogP contribution in [0.2, 0.25) is 0 Å². The number of nitrogens with zero attached hydrogens (tertiary/aromatic N) is 1. The van der Waals surface area contributed by atoms with Gasteiger partial charge in [-0.05, 0) is 48.9 Å². The Morgan fingerprint density at radius 1 is 1.13 bits per heavy atom. The van der Waals surface area contributed by atoms with Gasteiger partial charge in [-0.25, -0.2) is 9.69 Å². The van der Waals surface area contributed by atoms with Crippen LogP contribution in [0, 0.1) is 0 Å². The number of rotatable bonds is 4. The van der Waals surface area contributed by atoms with E-state index < -0.39 is 35.2 Å². The molecule has 2 aromatic rings. The Hall–Kier alpha value is -3.82. The van der Waals surface area contributed by atoms with Gasteiger partial charge in [0.15, 0.2) is 11.5 Å². The maximum absolute atomic E-state index is 13.0. The molecule has 156 valence electrons. The van der Waals surface area contributed by atoms with Gasteiger partial charge in [-0.1, -0.05) is 12.1 Å². The highest BCUT2D eigenvalue weighted by molar-refractivity contribution is 6.39. The van der Waals surface area contributed by atoms with E-state index in [0.717, 1.165) is 24.3 Å². The standard InChI is InChI=1S/C20H15F3N2O5/c1-2-30-16-9-11(6-7-15(16)26)8-14-17(27)24-19(29)25(18(14)28)13-5-3-4-12(10-13)20(21,22)23/h3-10,26H,2H2,1H3,(H,24,27,29). The highest BCUT2D eigenvalue weighted by Crippen LogP contribution is 2.33. The summed E-state index contributed by atoms with van der Waals surface area (Å²) in [7, 11) is 0. The van der Waals surface area contributed by atoms with E-state index in [1.807, 2.05) is 5.32 Å². The van der Waals surface area contributed by atoms with Gasteiger partial charge in [-0.3, -0.25) is 14.9 Å². The van der Waals surface area contributed by atoms with Crippen LogP contribution in [0.25, 0.3) is 6.08 Å². The average molecular weight is 420 g/mol. The van der Waals surface area contributed by atoms with Crippen LogP contribution in [0.3, 0.4) is 0 Å². The molecule has 1 aliphatic heterocycles. The zero-order valence-corrected chi connectivity index (χ0v) is 15.5. The van der Waals surface area contributed by atoms with Crippen LogP contribution >= 0.6 is 0 Å². The van der Waals surface area contributed by atoms with Gasteiger partial charge in [-0.15, -0.1) is 0 Å². The number of benzene rings is 2. The van der Waals surface area contributed by atoms with Crippen LogP contribution < -0.4 is 15.0 Å². The van der Waals surface area contributed by atoms with Gasteiger partial charge in [-0.2, -0.15) is 13.2 Å². The maximum Gasteiger partial charge on any atom is 0.416 e.